The molecule has 15 heavy (non-hydrogen) atoms. The number of carbonyl (C=O) groups excluding carboxylic acids is 1. The van der Waals surface area contributed by atoms with E-state index in [-0.39, 0.29) is 11.7 Å². The first kappa shape index (κ1) is 11.6. The lowest BCUT2D eigenvalue weighted by molar-refractivity contribution is -0.112. The highest BCUT2D eigenvalue weighted by Crippen LogP contribution is 2.23. The van der Waals surface area contributed by atoms with Crippen LogP contribution in [0, 0.1) is 0 Å². The molecule has 0 saturated carbocycles. The topological polar surface area (TPSA) is 49.3 Å². The average Bonchev–Trinajstić information content (AvgIpc) is 2.14. The lowest BCUT2D eigenvalue weighted by Gasteiger charge is -2.06. The van der Waals surface area contributed by atoms with Crippen molar-refractivity contribution in [1.82, 2.24) is 0 Å². The van der Waals surface area contributed by atoms with Crippen LogP contribution < -0.4 is 5.32 Å². The molecule has 0 aliphatic rings. The van der Waals surface area contributed by atoms with Crippen LogP contribution >= 0.6 is 11.6 Å². The summed E-state index contributed by atoms with van der Waals surface area (Å²) >= 11 is 5.72. The van der Waals surface area contributed by atoms with Crippen molar-refractivity contribution < 1.29 is 9.90 Å². The molecule has 80 valence electrons. The smallest absolute Gasteiger partial charge is 0.250 e. The van der Waals surface area contributed by atoms with Gasteiger partial charge in [-0.25, -0.2) is 0 Å². The van der Waals surface area contributed by atoms with Crippen LogP contribution in [0.1, 0.15) is 13.8 Å². The standard InChI is InChI=1S/C11H12ClNO2/c1-3-7(2)11(15)13-9-4-8(12)5-10(14)6-9/h3-6,14H,1-2H3,(H,13,15)/b7-3+. The lowest BCUT2D eigenvalue weighted by atomic mass is 10.2. The summed E-state index contributed by atoms with van der Waals surface area (Å²) < 4.78 is 0. The summed E-state index contributed by atoms with van der Waals surface area (Å²) in [5.41, 5.74) is 1.08. The third-order valence-electron chi connectivity index (χ3n) is 1.93. The van der Waals surface area contributed by atoms with E-state index in [2.05, 4.69) is 5.32 Å². The summed E-state index contributed by atoms with van der Waals surface area (Å²) in [6.07, 6.45) is 1.71. The average molecular weight is 226 g/mol. The maximum atomic E-state index is 11.5. The van der Waals surface area contributed by atoms with Crippen molar-refractivity contribution in [3.63, 3.8) is 0 Å². The van der Waals surface area contributed by atoms with Crippen LogP contribution in [-0.4, -0.2) is 11.0 Å². The minimum Gasteiger partial charge on any atom is -0.508 e. The number of rotatable bonds is 2. The molecule has 0 unspecified atom stereocenters. The van der Waals surface area contributed by atoms with Gasteiger partial charge in [0.05, 0.1) is 0 Å². The van der Waals surface area contributed by atoms with Gasteiger partial charge >= 0.3 is 0 Å². The summed E-state index contributed by atoms with van der Waals surface area (Å²) in [7, 11) is 0. The van der Waals surface area contributed by atoms with Crippen LogP contribution in [0.4, 0.5) is 5.69 Å². The number of halogens is 1. The zero-order chi connectivity index (χ0) is 11.4. The van der Waals surface area contributed by atoms with Crippen molar-refractivity contribution in [3.8, 4) is 5.75 Å². The van der Waals surface area contributed by atoms with Crippen LogP contribution in [0.15, 0.2) is 29.8 Å². The highest BCUT2D eigenvalue weighted by Gasteiger charge is 2.05. The van der Waals surface area contributed by atoms with Gasteiger partial charge in [-0.15, -0.1) is 0 Å². The number of anilines is 1. The van der Waals surface area contributed by atoms with Gasteiger partial charge in [0, 0.05) is 22.3 Å². The van der Waals surface area contributed by atoms with Crippen LogP contribution in [0.5, 0.6) is 5.75 Å². The number of aromatic hydroxyl groups is 1. The number of hydrogen-bond acceptors (Lipinski definition) is 2. The number of carbonyl (C=O) groups is 1. The summed E-state index contributed by atoms with van der Waals surface area (Å²) in [6.45, 7) is 3.49. The maximum absolute atomic E-state index is 11.5. The lowest BCUT2D eigenvalue weighted by Crippen LogP contribution is -2.12. The van der Waals surface area contributed by atoms with Crippen molar-refractivity contribution in [2.45, 2.75) is 13.8 Å². The molecule has 0 saturated heterocycles. The molecule has 1 rings (SSSR count). The molecule has 3 nitrogen and oxygen atoms in total. The predicted molar refractivity (Wildman–Crippen MR) is 61.2 cm³/mol. The Morgan fingerprint density at radius 2 is 2.13 bits per heavy atom. The normalized spacial score (nSPS) is 11.3. The van der Waals surface area contributed by atoms with E-state index < -0.39 is 0 Å². The summed E-state index contributed by atoms with van der Waals surface area (Å²) in [5, 5.41) is 12.3. The molecule has 0 bridgehead atoms. The Kier molecular flexibility index (Phi) is 3.74. The fraction of sp³-hybridized carbons (Fsp3) is 0.182. The first-order valence-electron chi connectivity index (χ1n) is 4.46. The minimum atomic E-state index is -0.209. The number of benzene rings is 1. The van der Waals surface area contributed by atoms with Gasteiger partial charge in [-0.2, -0.15) is 0 Å². The molecule has 0 aliphatic heterocycles. The summed E-state index contributed by atoms with van der Waals surface area (Å²) in [5.74, 6) is -0.185. The number of allylic oxidation sites excluding steroid dienone is 1. The second kappa shape index (κ2) is 4.84. The van der Waals surface area contributed by atoms with E-state index in [4.69, 9.17) is 11.6 Å². The maximum Gasteiger partial charge on any atom is 0.250 e. The molecule has 0 radical (unpaired) electrons. The fourth-order valence-electron chi connectivity index (χ4n) is 1.01. The Balaban J connectivity index is 2.86. The third-order valence-corrected chi connectivity index (χ3v) is 2.15. The van der Waals surface area contributed by atoms with E-state index in [1.165, 1.54) is 12.1 Å². The second-order valence-corrected chi connectivity index (χ2v) is 3.56. The van der Waals surface area contributed by atoms with Crippen molar-refractivity contribution >= 4 is 23.2 Å². The number of nitrogens with one attached hydrogen (secondary N) is 1. The largest absolute Gasteiger partial charge is 0.508 e. The van der Waals surface area contributed by atoms with E-state index in [9.17, 15) is 9.90 Å². The predicted octanol–water partition coefficient (Wildman–Crippen LogP) is 2.95. The molecule has 0 aromatic heterocycles. The molecule has 0 atom stereocenters. The van der Waals surface area contributed by atoms with Crippen molar-refractivity contribution in [1.29, 1.82) is 0 Å². The van der Waals surface area contributed by atoms with Crippen LogP contribution in [0.3, 0.4) is 0 Å². The van der Waals surface area contributed by atoms with Crippen LogP contribution in [0.2, 0.25) is 5.02 Å². The molecule has 2 N–H and O–H groups in total. The number of hydrogen-bond donors (Lipinski definition) is 2. The monoisotopic (exact) mass is 225 g/mol. The van der Waals surface area contributed by atoms with Gasteiger partial charge in [-0.05, 0) is 26.0 Å². The number of phenols is 1. The second-order valence-electron chi connectivity index (χ2n) is 3.12. The highest BCUT2D eigenvalue weighted by atomic mass is 35.5. The van der Waals surface area contributed by atoms with Gasteiger partial charge in [0.15, 0.2) is 0 Å². The molecular formula is C11H12ClNO2. The molecule has 1 amide bonds. The van der Waals surface area contributed by atoms with Crippen LogP contribution in [-0.2, 0) is 4.79 Å². The Morgan fingerprint density at radius 1 is 1.47 bits per heavy atom. The van der Waals surface area contributed by atoms with E-state index in [1.54, 1.807) is 26.0 Å². The first-order valence-corrected chi connectivity index (χ1v) is 4.84. The number of phenolic OH excluding ortho intramolecular Hbond substituents is 1. The van der Waals surface area contributed by atoms with Gasteiger partial charge in [0.25, 0.3) is 5.91 Å². The molecule has 0 heterocycles. The Bertz CT molecular complexity index is 393. The zero-order valence-corrected chi connectivity index (χ0v) is 9.30. The molecule has 4 heteroatoms. The van der Waals surface area contributed by atoms with Crippen molar-refractivity contribution in [2.24, 2.45) is 0 Å². The molecule has 0 fully saturated rings. The molecule has 0 spiro atoms. The molecule has 1 aromatic rings. The zero-order valence-electron chi connectivity index (χ0n) is 8.54. The first-order chi connectivity index (χ1) is 7.02. The highest BCUT2D eigenvalue weighted by molar-refractivity contribution is 6.31. The Labute approximate surface area is 93.4 Å². The Morgan fingerprint density at radius 3 is 2.67 bits per heavy atom. The molecular weight excluding hydrogens is 214 g/mol. The van der Waals surface area contributed by atoms with E-state index in [1.807, 2.05) is 0 Å². The molecule has 1 aromatic carbocycles. The van der Waals surface area contributed by atoms with Gasteiger partial charge in [-0.1, -0.05) is 17.7 Å². The fourth-order valence-corrected chi connectivity index (χ4v) is 1.24. The van der Waals surface area contributed by atoms with E-state index in [0.717, 1.165) is 0 Å². The number of amides is 1. The molecule has 0 aliphatic carbocycles. The van der Waals surface area contributed by atoms with Gasteiger partial charge in [-0.3, -0.25) is 4.79 Å². The minimum absolute atomic E-state index is 0.0240. The summed E-state index contributed by atoms with van der Waals surface area (Å²) in [4.78, 5) is 11.5. The van der Waals surface area contributed by atoms with Gasteiger partial charge in [0.2, 0.25) is 0 Å². The van der Waals surface area contributed by atoms with Gasteiger partial charge in [0.1, 0.15) is 5.75 Å². The van der Waals surface area contributed by atoms with Gasteiger partial charge < -0.3 is 10.4 Å². The third kappa shape index (κ3) is 3.29. The quantitative estimate of drug-likeness (QED) is 0.761. The van der Waals surface area contributed by atoms with E-state index >= 15 is 0 Å². The van der Waals surface area contributed by atoms with Crippen molar-refractivity contribution in [3.05, 3.63) is 34.9 Å². The van der Waals surface area contributed by atoms with Crippen LogP contribution in [0.25, 0.3) is 0 Å². The van der Waals surface area contributed by atoms with Crippen molar-refractivity contribution in [2.75, 3.05) is 5.32 Å². The summed E-state index contributed by atoms with van der Waals surface area (Å²) in [6, 6.07) is 4.41. The SMILES string of the molecule is C/C=C(\C)C(=O)Nc1cc(O)cc(Cl)c1. The Hall–Kier alpha value is -1.48. The van der Waals surface area contributed by atoms with E-state index in [0.29, 0.717) is 16.3 Å².